The van der Waals surface area contributed by atoms with Crippen LogP contribution < -0.4 is 11.5 Å². The molecule has 0 aliphatic heterocycles. The van der Waals surface area contributed by atoms with E-state index in [2.05, 4.69) is 28.1 Å². The first-order valence-corrected chi connectivity index (χ1v) is 10.2. The Labute approximate surface area is 171 Å². The van der Waals surface area contributed by atoms with Crippen LogP contribution in [0.2, 0.25) is 0 Å². The average molecular weight is 441 g/mol. The molecule has 4 N–H and O–H groups in total. The number of carbonyl (C=O) groups excluding carboxylic acids is 2. The highest BCUT2D eigenvalue weighted by Gasteiger charge is 2.82. The lowest BCUT2D eigenvalue weighted by atomic mass is 9.52. The fraction of sp³-hybridized carbons (Fsp3) is 0.364. The first-order valence-electron chi connectivity index (χ1n) is 9.45. The number of hydrogen-bond acceptors (Lipinski definition) is 3. The number of rotatable bonds is 5. The van der Waals surface area contributed by atoms with Crippen molar-refractivity contribution in [3.63, 3.8) is 0 Å². The smallest absolute Gasteiger partial charge is 0.229 e. The normalized spacial score (nSPS) is 34.0. The fourth-order valence-corrected chi connectivity index (χ4v) is 6.65. The Morgan fingerprint density at radius 3 is 2.25 bits per heavy atom. The Morgan fingerprint density at radius 1 is 1.04 bits per heavy atom. The zero-order valence-electron chi connectivity index (χ0n) is 15.2. The maximum Gasteiger partial charge on any atom is 0.229 e. The molecule has 5 nitrogen and oxygen atoms in total. The van der Waals surface area contributed by atoms with E-state index in [9.17, 15) is 9.59 Å². The van der Waals surface area contributed by atoms with E-state index in [4.69, 9.17) is 15.9 Å². The number of benzene rings is 1. The van der Waals surface area contributed by atoms with Crippen LogP contribution in [0.4, 0.5) is 0 Å². The summed E-state index contributed by atoms with van der Waals surface area (Å²) in [4.78, 5) is 26.6. The summed E-state index contributed by atoms with van der Waals surface area (Å²) in [5.41, 5.74) is 11.5. The van der Waals surface area contributed by atoms with Gasteiger partial charge in [-0.2, -0.15) is 0 Å². The highest BCUT2D eigenvalue weighted by atomic mass is 79.9. The predicted octanol–water partition coefficient (Wildman–Crippen LogP) is 3.08. The summed E-state index contributed by atoms with van der Waals surface area (Å²) in [6.07, 6.45) is 9.66. The SMILES string of the molecule is NC(=O)[C@]1(Cc2ccoc2)[C@@H]2C=C[C@@H](C23CC3)[C@@]1(C(N)=O)c1ccc(Br)cc1. The van der Waals surface area contributed by atoms with Crippen molar-refractivity contribution in [1.29, 1.82) is 0 Å². The minimum Gasteiger partial charge on any atom is -0.472 e. The van der Waals surface area contributed by atoms with Gasteiger partial charge in [0.2, 0.25) is 11.8 Å². The van der Waals surface area contributed by atoms with Crippen LogP contribution >= 0.6 is 15.9 Å². The summed E-state index contributed by atoms with van der Waals surface area (Å²) >= 11 is 3.46. The van der Waals surface area contributed by atoms with Gasteiger partial charge in [-0.25, -0.2) is 0 Å². The number of furan rings is 1. The molecule has 0 radical (unpaired) electrons. The molecular weight excluding hydrogens is 420 g/mol. The molecule has 28 heavy (non-hydrogen) atoms. The minimum absolute atomic E-state index is 0.110. The first-order chi connectivity index (χ1) is 13.4. The minimum atomic E-state index is -1.19. The molecule has 1 aromatic carbocycles. The highest BCUT2D eigenvalue weighted by molar-refractivity contribution is 9.10. The molecular formula is C22H21BrN2O3. The van der Waals surface area contributed by atoms with Gasteiger partial charge in [-0.05, 0) is 59.9 Å². The second kappa shape index (κ2) is 5.60. The van der Waals surface area contributed by atoms with Crippen LogP contribution in [0.5, 0.6) is 0 Å². The molecule has 3 aliphatic carbocycles. The van der Waals surface area contributed by atoms with E-state index < -0.39 is 22.6 Å². The summed E-state index contributed by atoms with van der Waals surface area (Å²) in [7, 11) is 0. The molecule has 3 aliphatic rings. The van der Waals surface area contributed by atoms with Gasteiger partial charge in [-0.3, -0.25) is 9.59 Å². The fourth-order valence-electron chi connectivity index (χ4n) is 6.38. The molecule has 1 aromatic heterocycles. The highest BCUT2D eigenvalue weighted by Crippen LogP contribution is 2.80. The Kier molecular flexibility index (Phi) is 3.55. The molecule has 2 aromatic rings. The molecule has 4 atom stereocenters. The zero-order chi connectivity index (χ0) is 19.7. The number of amides is 2. The van der Waals surface area contributed by atoms with Crippen LogP contribution in [0.3, 0.4) is 0 Å². The molecule has 144 valence electrons. The van der Waals surface area contributed by atoms with Gasteiger partial charge in [-0.15, -0.1) is 0 Å². The molecule has 5 rings (SSSR count). The average Bonchev–Trinajstić information content (AvgIpc) is 3.03. The maximum atomic E-state index is 13.3. The van der Waals surface area contributed by atoms with Gasteiger partial charge in [0.25, 0.3) is 0 Å². The van der Waals surface area contributed by atoms with E-state index in [0.717, 1.165) is 28.4 Å². The quantitative estimate of drug-likeness (QED) is 0.698. The van der Waals surface area contributed by atoms with E-state index >= 15 is 0 Å². The van der Waals surface area contributed by atoms with Crippen molar-refractivity contribution < 1.29 is 14.0 Å². The van der Waals surface area contributed by atoms with Crippen LogP contribution in [0, 0.1) is 22.7 Å². The zero-order valence-corrected chi connectivity index (χ0v) is 16.8. The van der Waals surface area contributed by atoms with Gasteiger partial charge in [-0.1, -0.05) is 40.2 Å². The molecule has 1 spiro atoms. The number of nitrogens with two attached hydrogens (primary N) is 2. The number of halogens is 1. The third kappa shape index (κ3) is 1.87. The molecule has 1 heterocycles. The van der Waals surface area contributed by atoms with E-state index in [0.29, 0.717) is 6.42 Å². The number of carbonyl (C=O) groups is 2. The number of hydrogen-bond donors (Lipinski definition) is 2. The van der Waals surface area contributed by atoms with E-state index in [1.807, 2.05) is 30.3 Å². The van der Waals surface area contributed by atoms with Crippen LogP contribution in [-0.4, -0.2) is 11.8 Å². The summed E-state index contributed by atoms with van der Waals surface area (Å²) in [6, 6.07) is 9.39. The number of primary amides is 2. The summed E-state index contributed by atoms with van der Waals surface area (Å²) in [5, 5.41) is 0. The van der Waals surface area contributed by atoms with Crippen molar-refractivity contribution in [3.8, 4) is 0 Å². The van der Waals surface area contributed by atoms with Crippen molar-refractivity contribution in [3.05, 3.63) is 70.6 Å². The Morgan fingerprint density at radius 2 is 1.71 bits per heavy atom. The van der Waals surface area contributed by atoms with E-state index in [-0.39, 0.29) is 17.3 Å². The van der Waals surface area contributed by atoms with Gasteiger partial charge < -0.3 is 15.9 Å². The molecule has 0 unspecified atom stereocenters. The second-order valence-corrected chi connectivity index (χ2v) is 9.31. The third-order valence-corrected chi connectivity index (χ3v) is 7.98. The van der Waals surface area contributed by atoms with E-state index in [1.54, 1.807) is 12.5 Å². The Hall–Kier alpha value is -2.34. The molecule has 0 saturated heterocycles. The van der Waals surface area contributed by atoms with Crippen molar-refractivity contribution in [1.82, 2.24) is 0 Å². The standard InChI is InChI=1S/C22H21BrN2O3/c23-15-3-1-14(2-4-15)22(19(25)27)17-6-5-16(20(17)8-9-20)21(22,18(24)26)11-13-7-10-28-12-13/h1-7,10,12,16-17H,8-9,11H2,(H2,24,26)(H2,25,27)/t16-,17+,21+,22-/m1/s1. The van der Waals surface area contributed by atoms with Crippen molar-refractivity contribution in [2.24, 2.45) is 34.1 Å². The van der Waals surface area contributed by atoms with Crippen LogP contribution in [0.25, 0.3) is 0 Å². The predicted molar refractivity (Wildman–Crippen MR) is 107 cm³/mol. The van der Waals surface area contributed by atoms with Gasteiger partial charge in [0, 0.05) is 10.4 Å². The maximum absolute atomic E-state index is 13.3. The van der Waals surface area contributed by atoms with Gasteiger partial charge in [0.15, 0.2) is 0 Å². The van der Waals surface area contributed by atoms with Crippen molar-refractivity contribution >= 4 is 27.7 Å². The third-order valence-electron chi connectivity index (χ3n) is 7.45. The molecule has 2 fully saturated rings. The monoisotopic (exact) mass is 440 g/mol. The summed E-state index contributed by atoms with van der Waals surface area (Å²) in [6.45, 7) is 0. The molecule has 6 heteroatoms. The lowest BCUT2D eigenvalue weighted by molar-refractivity contribution is -0.143. The molecule has 2 amide bonds. The van der Waals surface area contributed by atoms with Crippen LogP contribution in [0.1, 0.15) is 24.0 Å². The summed E-state index contributed by atoms with van der Waals surface area (Å²) < 4.78 is 6.15. The summed E-state index contributed by atoms with van der Waals surface area (Å²) in [5.74, 6) is -1.21. The molecule has 2 saturated carbocycles. The van der Waals surface area contributed by atoms with Crippen LogP contribution in [0.15, 0.2) is 63.9 Å². The topological polar surface area (TPSA) is 99.3 Å². The van der Waals surface area contributed by atoms with Crippen molar-refractivity contribution in [2.75, 3.05) is 0 Å². The van der Waals surface area contributed by atoms with Gasteiger partial charge >= 0.3 is 0 Å². The lowest BCUT2D eigenvalue weighted by Gasteiger charge is -2.48. The Balaban J connectivity index is 1.83. The second-order valence-electron chi connectivity index (χ2n) is 8.40. The largest absolute Gasteiger partial charge is 0.472 e. The van der Waals surface area contributed by atoms with Crippen molar-refractivity contribution in [2.45, 2.75) is 24.7 Å². The van der Waals surface area contributed by atoms with Gasteiger partial charge in [0.05, 0.1) is 23.4 Å². The molecule has 2 bridgehead atoms. The van der Waals surface area contributed by atoms with Crippen LogP contribution in [-0.2, 0) is 21.4 Å². The number of allylic oxidation sites excluding steroid dienone is 2. The van der Waals surface area contributed by atoms with Gasteiger partial charge in [0.1, 0.15) is 0 Å². The lowest BCUT2D eigenvalue weighted by Crippen LogP contribution is -2.63. The first kappa shape index (κ1) is 17.7. The van der Waals surface area contributed by atoms with E-state index in [1.165, 1.54) is 0 Å². The Bertz CT molecular complexity index is 993.